The first kappa shape index (κ1) is 10.7. The zero-order valence-electron chi connectivity index (χ0n) is 9.90. The van der Waals surface area contributed by atoms with E-state index >= 15 is 0 Å². The molecule has 1 aromatic carbocycles. The van der Waals surface area contributed by atoms with Crippen LogP contribution >= 0.6 is 0 Å². The lowest BCUT2D eigenvalue weighted by Crippen LogP contribution is -2.37. The number of nitrogens with zero attached hydrogens (tertiary/aromatic N) is 1. The van der Waals surface area contributed by atoms with Crippen LogP contribution in [-0.2, 0) is 5.41 Å². The van der Waals surface area contributed by atoms with Gasteiger partial charge in [0, 0.05) is 22.1 Å². The van der Waals surface area contributed by atoms with Crippen LogP contribution in [0.1, 0.15) is 36.8 Å². The van der Waals surface area contributed by atoms with Crippen molar-refractivity contribution in [3.05, 3.63) is 39.4 Å². The van der Waals surface area contributed by atoms with E-state index in [1.54, 1.807) is 13.0 Å². The smallest absolute Gasteiger partial charge is 0.276 e. The van der Waals surface area contributed by atoms with Crippen LogP contribution in [0.5, 0.6) is 0 Å². The number of rotatable bonds is 3. The van der Waals surface area contributed by atoms with E-state index < -0.39 is 0 Å². The summed E-state index contributed by atoms with van der Waals surface area (Å²) in [5, 5.41) is 11.2. The van der Waals surface area contributed by atoms with Crippen LogP contribution in [0, 0.1) is 17.0 Å². The molecule has 0 saturated heterocycles. The van der Waals surface area contributed by atoms with Gasteiger partial charge in [-0.05, 0) is 32.6 Å². The summed E-state index contributed by atoms with van der Waals surface area (Å²) >= 11 is 0. The van der Waals surface area contributed by atoms with Gasteiger partial charge in [-0.15, -0.1) is 0 Å². The topological polar surface area (TPSA) is 69.2 Å². The van der Waals surface area contributed by atoms with Gasteiger partial charge < -0.3 is 5.73 Å². The van der Waals surface area contributed by atoms with E-state index in [0.29, 0.717) is 0 Å². The number of benzene rings is 1. The van der Waals surface area contributed by atoms with E-state index in [0.717, 1.165) is 36.8 Å². The summed E-state index contributed by atoms with van der Waals surface area (Å²) in [6.45, 7) is 1.80. The Morgan fingerprint density at radius 3 is 2.41 bits per heavy atom. The minimum absolute atomic E-state index is 0.110. The molecule has 3 rings (SSSR count). The molecule has 4 heteroatoms. The normalized spacial score (nSPS) is 23.2. The minimum Gasteiger partial charge on any atom is -0.324 e. The summed E-state index contributed by atoms with van der Waals surface area (Å²) in [7, 11) is 0. The number of hydrogen-bond donors (Lipinski definition) is 1. The standard InChI is InChI=1S/C13H16N2O2/c1-9-3-2-4-10(11(9)15(16)17)12(5-6-12)13(14)7-8-13/h2-4H,5-8,14H2,1H3. The van der Waals surface area contributed by atoms with Crippen molar-refractivity contribution in [2.75, 3.05) is 0 Å². The number of para-hydroxylation sites is 1. The predicted molar refractivity (Wildman–Crippen MR) is 64.9 cm³/mol. The van der Waals surface area contributed by atoms with Gasteiger partial charge in [-0.1, -0.05) is 18.2 Å². The zero-order chi connectivity index (χ0) is 12.3. The Balaban J connectivity index is 2.16. The highest BCUT2D eigenvalue weighted by Crippen LogP contribution is 2.65. The molecule has 2 aliphatic carbocycles. The molecule has 0 spiro atoms. The molecule has 0 aromatic heterocycles. The fraction of sp³-hybridized carbons (Fsp3) is 0.538. The van der Waals surface area contributed by atoms with Crippen molar-refractivity contribution in [1.29, 1.82) is 0 Å². The minimum atomic E-state index is -0.253. The van der Waals surface area contributed by atoms with Crippen LogP contribution in [-0.4, -0.2) is 10.5 Å². The van der Waals surface area contributed by atoms with E-state index in [4.69, 9.17) is 5.73 Å². The zero-order valence-corrected chi connectivity index (χ0v) is 9.90. The summed E-state index contributed by atoms with van der Waals surface area (Å²) < 4.78 is 0. The summed E-state index contributed by atoms with van der Waals surface area (Å²) in [6, 6.07) is 5.60. The fourth-order valence-corrected chi connectivity index (χ4v) is 3.06. The Morgan fingerprint density at radius 2 is 1.94 bits per heavy atom. The highest BCUT2D eigenvalue weighted by atomic mass is 16.6. The lowest BCUT2D eigenvalue weighted by Gasteiger charge is -2.23. The molecule has 0 atom stereocenters. The predicted octanol–water partition coefficient (Wildman–Crippen LogP) is 2.43. The van der Waals surface area contributed by atoms with E-state index in [1.807, 2.05) is 12.1 Å². The average Bonchev–Trinajstić information content (AvgIpc) is 3.12. The number of nitro benzene ring substituents is 1. The maximum atomic E-state index is 11.2. The molecule has 0 bridgehead atoms. The highest BCUT2D eigenvalue weighted by Gasteiger charge is 2.65. The molecule has 4 nitrogen and oxygen atoms in total. The SMILES string of the molecule is Cc1cccc(C2(C3(N)CC3)CC2)c1[N+](=O)[O-]. The Morgan fingerprint density at radius 1 is 1.29 bits per heavy atom. The second kappa shape index (κ2) is 3.07. The quantitative estimate of drug-likeness (QED) is 0.642. The number of aryl methyl sites for hydroxylation is 1. The number of hydrogen-bond acceptors (Lipinski definition) is 3. The Hall–Kier alpha value is -1.42. The molecule has 2 aliphatic rings. The average molecular weight is 232 g/mol. The van der Waals surface area contributed by atoms with E-state index in [-0.39, 0.29) is 21.6 Å². The third-order valence-corrected chi connectivity index (χ3v) is 4.43. The van der Waals surface area contributed by atoms with Crippen LogP contribution < -0.4 is 5.73 Å². The fourth-order valence-electron chi connectivity index (χ4n) is 3.06. The van der Waals surface area contributed by atoms with Crippen molar-refractivity contribution in [3.8, 4) is 0 Å². The third kappa shape index (κ3) is 1.33. The van der Waals surface area contributed by atoms with Crippen molar-refractivity contribution in [2.24, 2.45) is 5.73 Å². The first-order chi connectivity index (χ1) is 8.00. The molecular weight excluding hydrogens is 216 g/mol. The molecule has 1 aromatic rings. The Kier molecular flexibility index (Phi) is 1.94. The first-order valence-corrected chi connectivity index (χ1v) is 6.04. The molecule has 0 unspecified atom stereocenters. The van der Waals surface area contributed by atoms with Crippen LogP contribution in [0.4, 0.5) is 5.69 Å². The highest BCUT2D eigenvalue weighted by molar-refractivity contribution is 5.56. The van der Waals surface area contributed by atoms with Gasteiger partial charge >= 0.3 is 0 Å². The Labute approximate surface area is 100.0 Å². The molecule has 0 radical (unpaired) electrons. The van der Waals surface area contributed by atoms with Gasteiger partial charge in [-0.2, -0.15) is 0 Å². The van der Waals surface area contributed by atoms with Gasteiger partial charge in [-0.25, -0.2) is 0 Å². The summed E-state index contributed by atoms with van der Waals surface area (Å²) in [5.41, 5.74) is 7.91. The molecule has 0 heterocycles. The second-order valence-electron chi connectivity index (χ2n) is 5.47. The van der Waals surface area contributed by atoms with Crippen LogP contribution in [0.25, 0.3) is 0 Å². The van der Waals surface area contributed by atoms with Crippen molar-refractivity contribution in [2.45, 2.75) is 43.6 Å². The van der Waals surface area contributed by atoms with Crippen molar-refractivity contribution < 1.29 is 4.92 Å². The van der Waals surface area contributed by atoms with Crippen molar-refractivity contribution in [3.63, 3.8) is 0 Å². The molecule has 17 heavy (non-hydrogen) atoms. The molecule has 90 valence electrons. The second-order valence-corrected chi connectivity index (χ2v) is 5.47. The van der Waals surface area contributed by atoms with Gasteiger partial charge in [0.15, 0.2) is 0 Å². The largest absolute Gasteiger partial charge is 0.324 e. The van der Waals surface area contributed by atoms with Crippen molar-refractivity contribution >= 4 is 5.69 Å². The molecular formula is C13H16N2O2. The van der Waals surface area contributed by atoms with Gasteiger partial charge in [-0.3, -0.25) is 10.1 Å². The molecule has 0 amide bonds. The maximum absolute atomic E-state index is 11.2. The maximum Gasteiger partial charge on any atom is 0.276 e. The molecule has 2 N–H and O–H groups in total. The van der Waals surface area contributed by atoms with Crippen LogP contribution in [0.15, 0.2) is 18.2 Å². The van der Waals surface area contributed by atoms with E-state index in [1.165, 1.54) is 0 Å². The molecule has 2 fully saturated rings. The van der Waals surface area contributed by atoms with Gasteiger partial charge in [0.2, 0.25) is 0 Å². The van der Waals surface area contributed by atoms with Crippen molar-refractivity contribution in [1.82, 2.24) is 0 Å². The first-order valence-electron chi connectivity index (χ1n) is 6.04. The number of nitro groups is 1. The third-order valence-electron chi connectivity index (χ3n) is 4.43. The van der Waals surface area contributed by atoms with Crippen LogP contribution in [0.2, 0.25) is 0 Å². The Bertz CT molecular complexity index is 502. The van der Waals surface area contributed by atoms with Gasteiger partial charge in [0.25, 0.3) is 5.69 Å². The molecule has 2 saturated carbocycles. The summed E-state index contributed by atoms with van der Waals surface area (Å²) in [6.07, 6.45) is 3.98. The van der Waals surface area contributed by atoms with E-state index in [9.17, 15) is 10.1 Å². The monoisotopic (exact) mass is 232 g/mol. The number of nitrogens with two attached hydrogens (primary N) is 1. The van der Waals surface area contributed by atoms with Gasteiger partial charge in [0.1, 0.15) is 0 Å². The van der Waals surface area contributed by atoms with Gasteiger partial charge in [0.05, 0.1) is 4.92 Å². The van der Waals surface area contributed by atoms with Crippen LogP contribution in [0.3, 0.4) is 0 Å². The lowest BCUT2D eigenvalue weighted by atomic mass is 9.84. The summed E-state index contributed by atoms with van der Waals surface area (Å²) in [5.74, 6) is 0. The summed E-state index contributed by atoms with van der Waals surface area (Å²) in [4.78, 5) is 11.0. The molecule has 0 aliphatic heterocycles. The van der Waals surface area contributed by atoms with E-state index in [2.05, 4.69) is 0 Å². The lowest BCUT2D eigenvalue weighted by molar-refractivity contribution is -0.386.